The zero-order valence-corrected chi connectivity index (χ0v) is 23.1. The van der Waals surface area contributed by atoms with Gasteiger partial charge in [0.1, 0.15) is 6.61 Å². The zero-order chi connectivity index (χ0) is 28.3. The van der Waals surface area contributed by atoms with Gasteiger partial charge in [-0.1, -0.05) is 133 Å². The second kappa shape index (κ2) is 14.2. The van der Waals surface area contributed by atoms with Gasteiger partial charge in [-0.25, -0.2) is 4.79 Å². The van der Waals surface area contributed by atoms with Crippen LogP contribution < -0.4 is 0 Å². The van der Waals surface area contributed by atoms with Crippen molar-refractivity contribution in [3.63, 3.8) is 0 Å². The lowest BCUT2D eigenvalue weighted by Crippen LogP contribution is -2.40. The fourth-order valence-corrected chi connectivity index (χ4v) is 5.07. The molecule has 0 radical (unpaired) electrons. The molecule has 5 aromatic carbocycles. The van der Waals surface area contributed by atoms with Gasteiger partial charge in [0.25, 0.3) is 0 Å². The highest BCUT2D eigenvalue weighted by Gasteiger charge is 2.28. The Morgan fingerprint density at radius 3 is 1.51 bits per heavy atom. The third kappa shape index (κ3) is 8.01. The number of hydrogen-bond donors (Lipinski definition) is 1. The van der Waals surface area contributed by atoms with Crippen LogP contribution in [0.5, 0.6) is 0 Å². The molecular formula is C37H35NO3. The van der Waals surface area contributed by atoms with E-state index in [9.17, 15) is 9.90 Å². The van der Waals surface area contributed by atoms with E-state index in [4.69, 9.17) is 4.74 Å². The predicted octanol–water partition coefficient (Wildman–Crippen LogP) is 7.39. The molecule has 1 N–H and O–H groups in total. The smallest absolute Gasteiger partial charge is 0.338 e. The van der Waals surface area contributed by atoms with Crippen molar-refractivity contribution in [2.75, 3.05) is 0 Å². The maximum atomic E-state index is 12.7. The van der Waals surface area contributed by atoms with Gasteiger partial charge in [-0.05, 0) is 46.4 Å². The van der Waals surface area contributed by atoms with E-state index in [-0.39, 0.29) is 18.6 Å². The highest BCUT2D eigenvalue weighted by Crippen LogP contribution is 2.28. The predicted molar refractivity (Wildman–Crippen MR) is 163 cm³/mol. The molecule has 4 heteroatoms. The molecule has 41 heavy (non-hydrogen) atoms. The topological polar surface area (TPSA) is 49.8 Å². The lowest BCUT2D eigenvalue weighted by molar-refractivity contribution is 0.0380. The summed E-state index contributed by atoms with van der Waals surface area (Å²) < 4.78 is 5.50. The highest BCUT2D eigenvalue weighted by molar-refractivity contribution is 5.89. The first kappa shape index (κ1) is 28.0. The van der Waals surface area contributed by atoms with Crippen LogP contribution in [0.25, 0.3) is 0 Å². The van der Waals surface area contributed by atoms with Crippen molar-refractivity contribution in [3.8, 4) is 0 Å². The molecule has 2 atom stereocenters. The van der Waals surface area contributed by atoms with E-state index in [1.165, 1.54) is 11.1 Å². The Morgan fingerprint density at radius 1 is 0.585 bits per heavy atom. The van der Waals surface area contributed by atoms with Gasteiger partial charge in [0, 0.05) is 19.1 Å². The molecule has 0 aliphatic rings. The Hall–Kier alpha value is -4.51. The summed E-state index contributed by atoms with van der Waals surface area (Å²) in [4.78, 5) is 15.0. The quantitative estimate of drug-likeness (QED) is 0.167. The summed E-state index contributed by atoms with van der Waals surface area (Å²) in [7, 11) is 0. The summed E-state index contributed by atoms with van der Waals surface area (Å²) in [6, 6.07) is 47.6. The summed E-state index contributed by atoms with van der Waals surface area (Å²) in [5.41, 5.74) is 5.69. The number of nitrogens with zero attached hydrogens (tertiary/aromatic N) is 1. The van der Waals surface area contributed by atoms with E-state index in [0.717, 1.165) is 16.7 Å². The van der Waals surface area contributed by atoms with Crippen molar-refractivity contribution >= 4 is 5.97 Å². The van der Waals surface area contributed by atoms with Crippen LogP contribution in [0, 0.1) is 0 Å². The number of ether oxygens (including phenoxy) is 1. The van der Waals surface area contributed by atoms with E-state index in [2.05, 4.69) is 41.3 Å². The van der Waals surface area contributed by atoms with Gasteiger partial charge in [0.2, 0.25) is 0 Å². The van der Waals surface area contributed by atoms with E-state index in [1.807, 2.05) is 97.1 Å². The minimum absolute atomic E-state index is 0.214. The van der Waals surface area contributed by atoms with Crippen LogP contribution in [0.1, 0.15) is 44.3 Å². The Labute approximate surface area is 242 Å². The Kier molecular flexibility index (Phi) is 9.72. The summed E-state index contributed by atoms with van der Waals surface area (Å²) in [5, 5.41) is 11.9. The molecule has 0 saturated carbocycles. The third-order valence-electron chi connectivity index (χ3n) is 7.28. The van der Waals surface area contributed by atoms with Crippen LogP contribution in [-0.4, -0.2) is 22.0 Å². The summed E-state index contributed by atoms with van der Waals surface area (Å²) in [5.74, 6) is -0.384. The highest BCUT2D eigenvalue weighted by atomic mass is 16.5. The van der Waals surface area contributed by atoms with E-state index in [1.54, 1.807) is 12.1 Å². The normalized spacial score (nSPS) is 12.5. The van der Waals surface area contributed by atoms with E-state index in [0.29, 0.717) is 25.1 Å². The van der Waals surface area contributed by atoms with Crippen molar-refractivity contribution in [1.82, 2.24) is 4.90 Å². The second-order valence-corrected chi connectivity index (χ2v) is 10.3. The Morgan fingerprint density at radius 2 is 1.02 bits per heavy atom. The Bertz CT molecular complexity index is 1430. The molecule has 0 bridgehead atoms. The SMILES string of the molecule is O=C(OCc1ccccc1)c1ccc([C@H](O)[C@@H](Cc2ccccc2)N(Cc2ccccc2)Cc2ccccc2)cc1. The number of hydrogen-bond acceptors (Lipinski definition) is 4. The van der Waals surface area contributed by atoms with Crippen LogP contribution in [0.15, 0.2) is 146 Å². The van der Waals surface area contributed by atoms with Crippen molar-refractivity contribution in [1.29, 1.82) is 0 Å². The van der Waals surface area contributed by atoms with Gasteiger partial charge < -0.3 is 9.84 Å². The molecule has 0 amide bonds. The molecule has 0 saturated heterocycles. The Balaban J connectivity index is 1.39. The molecule has 0 aliphatic heterocycles. The lowest BCUT2D eigenvalue weighted by atomic mass is 9.93. The molecular weight excluding hydrogens is 506 g/mol. The molecule has 0 unspecified atom stereocenters. The lowest BCUT2D eigenvalue weighted by Gasteiger charge is -2.36. The summed E-state index contributed by atoms with van der Waals surface area (Å²) in [6.45, 7) is 1.60. The summed E-state index contributed by atoms with van der Waals surface area (Å²) in [6.07, 6.45) is -0.111. The largest absolute Gasteiger partial charge is 0.457 e. The molecule has 206 valence electrons. The molecule has 0 heterocycles. The molecule has 0 spiro atoms. The summed E-state index contributed by atoms with van der Waals surface area (Å²) >= 11 is 0. The standard InChI is InChI=1S/C37H35NO3/c39-36(33-21-23-34(24-22-33)37(40)41-28-32-19-11-4-12-20-32)35(25-29-13-5-1-6-14-29)38(26-30-15-7-2-8-16-30)27-31-17-9-3-10-18-31/h1-24,35-36,39H,25-28H2/t35-,36+/m1/s1. The first-order chi connectivity index (χ1) is 20.2. The third-order valence-corrected chi connectivity index (χ3v) is 7.28. The zero-order valence-electron chi connectivity index (χ0n) is 23.1. The van der Waals surface area contributed by atoms with Gasteiger partial charge in [-0.2, -0.15) is 0 Å². The fourth-order valence-electron chi connectivity index (χ4n) is 5.07. The number of rotatable bonds is 12. The van der Waals surface area contributed by atoms with Crippen LogP contribution in [0.3, 0.4) is 0 Å². The van der Waals surface area contributed by atoms with Crippen LogP contribution >= 0.6 is 0 Å². The minimum Gasteiger partial charge on any atom is -0.457 e. The van der Waals surface area contributed by atoms with Crippen molar-refractivity contribution in [2.24, 2.45) is 0 Å². The molecule has 0 fully saturated rings. The van der Waals surface area contributed by atoms with Crippen molar-refractivity contribution in [2.45, 2.75) is 38.3 Å². The number of aliphatic hydroxyl groups is 1. The number of carbonyl (C=O) groups is 1. The van der Waals surface area contributed by atoms with Crippen LogP contribution in [-0.2, 0) is 30.9 Å². The number of carbonyl (C=O) groups excluding carboxylic acids is 1. The van der Waals surface area contributed by atoms with Gasteiger partial charge in [-0.3, -0.25) is 4.90 Å². The number of aliphatic hydroxyl groups excluding tert-OH is 1. The second-order valence-electron chi connectivity index (χ2n) is 10.3. The number of benzene rings is 5. The molecule has 5 aromatic rings. The average molecular weight is 542 g/mol. The molecule has 5 rings (SSSR count). The maximum Gasteiger partial charge on any atom is 0.338 e. The number of esters is 1. The maximum absolute atomic E-state index is 12.7. The van der Waals surface area contributed by atoms with E-state index >= 15 is 0 Å². The van der Waals surface area contributed by atoms with Crippen molar-refractivity contribution in [3.05, 3.63) is 179 Å². The molecule has 0 aromatic heterocycles. The first-order valence-corrected chi connectivity index (χ1v) is 14.0. The monoisotopic (exact) mass is 541 g/mol. The van der Waals surface area contributed by atoms with Crippen molar-refractivity contribution < 1.29 is 14.6 Å². The van der Waals surface area contributed by atoms with Crippen LogP contribution in [0.2, 0.25) is 0 Å². The first-order valence-electron chi connectivity index (χ1n) is 14.0. The van der Waals surface area contributed by atoms with Gasteiger partial charge in [0.05, 0.1) is 11.7 Å². The van der Waals surface area contributed by atoms with Gasteiger partial charge in [-0.15, -0.1) is 0 Å². The van der Waals surface area contributed by atoms with Gasteiger partial charge >= 0.3 is 5.97 Å². The van der Waals surface area contributed by atoms with Crippen LogP contribution in [0.4, 0.5) is 0 Å². The fraction of sp³-hybridized carbons (Fsp3) is 0.162. The van der Waals surface area contributed by atoms with Gasteiger partial charge in [0.15, 0.2) is 0 Å². The molecule has 0 aliphatic carbocycles. The molecule has 4 nitrogen and oxygen atoms in total. The minimum atomic E-state index is -0.781. The van der Waals surface area contributed by atoms with E-state index < -0.39 is 6.10 Å². The average Bonchev–Trinajstić information content (AvgIpc) is 3.04.